The zero-order valence-electron chi connectivity index (χ0n) is 13.9. The van der Waals surface area contributed by atoms with E-state index in [9.17, 15) is 28.2 Å². The topological polar surface area (TPSA) is 82.5 Å². The number of thiazole rings is 1. The third kappa shape index (κ3) is 3.95. The highest BCUT2D eigenvalue weighted by molar-refractivity contribution is 7.16. The van der Waals surface area contributed by atoms with Crippen LogP contribution in [-0.2, 0) is 6.61 Å². The van der Waals surface area contributed by atoms with Gasteiger partial charge in [-0.1, -0.05) is 29.9 Å². The second kappa shape index (κ2) is 7.14. The average Bonchev–Trinajstić information content (AvgIpc) is 2.98. The number of carbonyl (C=O) groups excluding carboxylic acids is 1. The van der Waals surface area contributed by atoms with Crippen molar-refractivity contribution in [1.29, 1.82) is 0 Å². The normalized spacial score (nSPS) is 16.7. The van der Waals surface area contributed by atoms with E-state index in [0.29, 0.717) is 10.6 Å². The lowest BCUT2D eigenvalue weighted by Gasteiger charge is -2.20. The van der Waals surface area contributed by atoms with Crippen LogP contribution in [0.25, 0.3) is 6.08 Å². The Kier molecular flexibility index (Phi) is 5.20. The van der Waals surface area contributed by atoms with Crippen molar-refractivity contribution >= 4 is 40.1 Å². The summed E-state index contributed by atoms with van der Waals surface area (Å²) in [4.78, 5) is 17.0. The third-order valence-electron chi connectivity index (χ3n) is 4.13. The fraction of sp³-hybridized carbons (Fsp3) is 0.294. The largest absolute Gasteiger partial charge is 0.507 e. The molecule has 0 fully saturated rings. The molecule has 3 rings (SSSR count). The first-order valence-corrected chi connectivity index (χ1v) is 9.01. The van der Waals surface area contributed by atoms with Crippen molar-refractivity contribution in [3.8, 4) is 5.75 Å². The molecule has 2 aromatic rings. The Morgan fingerprint density at radius 2 is 2.15 bits per heavy atom. The van der Waals surface area contributed by atoms with Gasteiger partial charge in [-0.25, -0.2) is 4.98 Å². The van der Waals surface area contributed by atoms with Crippen LogP contribution in [0.4, 0.5) is 18.3 Å². The maximum absolute atomic E-state index is 13.0. The Balaban J connectivity index is 1.90. The van der Waals surface area contributed by atoms with Gasteiger partial charge >= 0.3 is 6.18 Å². The number of benzene rings is 1. The van der Waals surface area contributed by atoms with Crippen LogP contribution >= 0.6 is 22.9 Å². The van der Waals surface area contributed by atoms with E-state index in [1.165, 1.54) is 12.1 Å². The van der Waals surface area contributed by atoms with Crippen LogP contribution in [0.15, 0.2) is 17.7 Å². The Hall–Kier alpha value is -2.10. The van der Waals surface area contributed by atoms with Crippen molar-refractivity contribution in [2.75, 3.05) is 5.32 Å². The molecule has 10 heteroatoms. The molecule has 1 aromatic carbocycles. The molecule has 0 aliphatic heterocycles. The number of halogens is 4. The van der Waals surface area contributed by atoms with Crippen LogP contribution in [-0.4, -0.2) is 27.3 Å². The monoisotopic (exact) mass is 418 g/mol. The molecule has 5 nitrogen and oxygen atoms in total. The van der Waals surface area contributed by atoms with Gasteiger partial charge in [0, 0.05) is 22.1 Å². The Morgan fingerprint density at radius 1 is 1.44 bits per heavy atom. The number of amides is 1. The summed E-state index contributed by atoms with van der Waals surface area (Å²) in [6.45, 7) is 1.12. The molecule has 144 valence electrons. The predicted molar refractivity (Wildman–Crippen MR) is 96.2 cm³/mol. The Labute approximate surface area is 161 Å². The van der Waals surface area contributed by atoms with Gasteiger partial charge in [0.2, 0.25) is 0 Å². The number of fused-ring (bicyclic) bond motifs is 1. The first kappa shape index (κ1) is 19.7. The highest BCUT2D eigenvalue weighted by Gasteiger charge is 2.38. The van der Waals surface area contributed by atoms with E-state index in [-0.39, 0.29) is 27.7 Å². The van der Waals surface area contributed by atoms with Crippen molar-refractivity contribution < 1.29 is 28.2 Å². The molecule has 1 atom stereocenters. The molecule has 1 aliphatic rings. The van der Waals surface area contributed by atoms with Gasteiger partial charge in [0.1, 0.15) is 5.75 Å². The average molecular weight is 419 g/mol. The molecule has 1 aliphatic carbocycles. The molecule has 27 heavy (non-hydrogen) atoms. The maximum atomic E-state index is 13.0. The zero-order valence-corrected chi connectivity index (χ0v) is 15.5. The minimum Gasteiger partial charge on any atom is -0.507 e. The van der Waals surface area contributed by atoms with Crippen LogP contribution < -0.4 is 5.32 Å². The van der Waals surface area contributed by atoms with E-state index >= 15 is 0 Å². The standard InChI is InChI=1S/C17H14ClF3N2O3S/c1-7-2-9(17(19,20)21)4-12-13(7)22-16(27-12)23-15(26)11-5-10(18)3-8(6-24)14(11)25/h3-5,7,24-25H,2,6H2,1H3,(H,22,23,26). The summed E-state index contributed by atoms with van der Waals surface area (Å²) >= 11 is 6.80. The molecule has 1 amide bonds. The summed E-state index contributed by atoms with van der Waals surface area (Å²) in [5.74, 6) is -1.60. The molecule has 0 saturated heterocycles. The molecule has 3 N–H and O–H groups in total. The van der Waals surface area contributed by atoms with Gasteiger partial charge in [-0.05, 0) is 24.6 Å². The molecule has 0 spiro atoms. The van der Waals surface area contributed by atoms with Gasteiger partial charge in [0.05, 0.1) is 22.7 Å². The van der Waals surface area contributed by atoms with Crippen LogP contribution in [0, 0.1) is 0 Å². The number of carbonyl (C=O) groups is 1. The first-order valence-electron chi connectivity index (χ1n) is 7.82. The third-order valence-corrected chi connectivity index (χ3v) is 5.28. The highest BCUT2D eigenvalue weighted by Crippen LogP contribution is 2.43. The second-order valence-electron chi connectivity index (χ2n) is 6.11. The number of aliphatic hydroxyl groups is 1. The van der Waals surface area contributed by atoms with Gasteiger partial charge in [0.25, 0.3) is 5.91 Å². The molecule has 0 saturated carbocycles. The van der Waals surface area contributed by atoms with Crippen molar-refractivity contribution in [1.82, 2.24) is 4.98 Å². The highest BCUT2D eigenvalue weighted by atomic mass is 35.5. The van der Waals surface area contributed by atoms with E-state index in [1.807, 2.05) is 0 Å². The van der Waals surface area contributed by atoms with Gasteiger partial charge < -0.3 is 10.2 Å². The summed E-state index contributed by atoms with van der Waals surface area (Å²) in [6.07, 6.45) is -3.54. The minimum atomic E-state index is -4.41. The molecule has 1 heterocycles. The summed E-state index contributed by atoms with van der Waals surface area (Å²) in [5, 5.41) is 22.0. The fourth-order valence-corrected chi connectivity index (χ4v) is 4.10. The van der Waals surface area contributed by atoms with E-state index in [0.717, 1.165) is 17.4 Å². The number of anilines is 1. The smallest absolute Gasteiger partial charge is 0.412 e. The molecule has 1 aromatic heterocycles. The molecule has 0 bridgehead atoms. The van der Waals surface area contributed by atoms with Gasteiger partial charge in [0.15, 0.2) is 5.13 Å². The maximum Gasteiger partial charge on any atom is 0.412 e. The van der Waals surface area contributed by atoms with Crippen molar-refractivity contribution in [3.63, 3.8) is 0 Å². The van der Waals surface area contributed by atoms with Crippen LogP contribution in [0.2, 0.25) is 5.02 Å². The first-order chi connectivity index (χ1) is 12.6. The van der Waals surface area contributed by atoms with Crippen LogP contribution in [0.1, 0.15) is 45.8 Å². The second-order valence-corrected chi connectivity index (χ2v) is 7.58. The number of nitrogens with one attached hydrogen (secondary N) is 1. The number of alkyl halides is 3. The van der Waals surface area contributed by atoms with E-state index in [1.54, 1.807) is 6.92 Å². The summed E-state index contributed by atoms with van der Waals surface area (Å²) < 4.78 is 39.0. The van der Waals surface area contributed by atoms with E-state index in [2.05, 4.69) is 10.3 Å². The number of hydrogen-bond donors (Lipinski definition) is 3. The summed E-state index contributed by atoms with van der Waals surface area (Å²) in [6, 6.07) is 2.55. The quantitative estimate of drug-likeness (QED) is 0.674. The van der Waals surface area contributed by atoms with E-state index in [4.69, 9.17) is 11.6 Å². The number of aliphatic hydroxyl groups excluding tert-OH is 1. The van der Waals surface area contributed by atoms with Gasteiger partial charge in [-0.2, -0.15) is 13.2 Å². The number of phenols is 1. The van der Waals surface area contributed by atoms with Crippen LogP contribution in [0.5, 0.6) is 5.75 Å². The lowest BCUT2D eigenvalue weighted by molar-refractivity contribution is -0.0936. The lowest BCUT2D eigenvalue weighted by Crippen LogP contribution is -2.17. The zero-order chi connectivity index (χ0) is 19.9. The fourth-order valence-electron chi connectivity index (χ4n) is 2.81. The Morgan fingerprint density at radius 3 is 2.78 bits per heavy atom. The van der Waals surface area contributed by atoms with Gasteiger partial charge in [-0.3, -0.25) is 10.1 Å². The molecular weight excluding hydrogens is 405 g/mol. The number of aromatic nitrogens is 1. The van der Waals surface area contributed by atoms with E-state index < -0.39 is 35.9 Å². The molecular formula is C17H14ClF3N2O3S. The predicted octanol–water partition coefficient (Wildman–Crippen LogP) is 4.70. The molecule has 1 unspecified atom stereocenters. The summed E-state index contributed by atoms with van der Waals surface area (Å²) in [5.41, 5.74) is -0.240. The molecule has 0 radical (unpaired) electrons. The summed E-state index contributed by atoms with van der Waals surface area (Å²) in [7, 11) is 0. The number of hydrogen-bond acceptors (Lipinski definition) is 5. The minimum absolute atomic E-state index is 0.0810. The van der Waals surface area contributed by atoms with Crippen molar-refractivity contribution in [3.05, 3.63) is 44.4 Å². The van der Waals surface area contributed by atoms with Crippen molar-refractivity contribution in [2.45, 2.75) is 32.0 Å². The number of nitrogens with zero attached hydrogens (tertiary/aromatic N) is 1. The Bertz CT molecular complexity index is 940. The SMILES string of the molecule is CC1CC(C(F)(F)F)=Cc2sc(NC(=O)c3cc(Cl)cc(CO)c3O)nc21. The lowest BCUT2D eigenvalue weighted by atomic mass is 9.91. The number of aromatic hydroxyl groups is 1. The van der Waals surface area contributed by atoms with Crippen molar-refractivity contribution in [2.24, 2.45) is 0 Å². The number of allylic oxidation sites excluding steroid dienone is 1. The number of rotatable bonds is 3. The van der Waals surface area contributed by atoms with Gasteiger partial charge in [-0.15, -0.1) is 0 Å². The van der Waals surface area contributed by atoms with Crippen LogP contribution in [0.3, 0.4) is 0 Å².